The van der Waals surface area contributed by atoms with Crippen molar-refractivity contribution in [3.63, 3.8) is 0 Å². The molecule has 0 saturated heterocycles. The van der Waals surface area contributed by atoms with Gasteiger partial charge in [-0.3, -0.25) is 9.97 Å². The van der Waals surface area contributed by atoms with Crippen LogP contribution in [0, 0.1) is 0 Å². The number of hydrogen-bond donors (Lipinski definition) is 1. The second kappa shape index (κ2) is 5.55. The molecule has 0 amide bonds. The van der Waals surface area contributed by atoms with E-state index in [0.717, 1.165) is 11.4 Å². The summed E-state index contributed by atoms with van der Waals surface area (Å²) in [6, 6.07) is 9.66. The largest absolute Gasteiger partial charge is 0.388 e. The van der Waals surface area contributed by atoms with E-state index in [-0.39, 0.29) is 0 Å². The predicted molar refractivity (Wildman–Crippen MR) is 76.5 cm³/mol. The quantitative estimate of drug-likeness (QED) is 0.847. The lowest BCUT2D eigenvalue weighted by Crippen LogP contribution is -2.22. The molecule has 92 valence electrons. The van der Waals surface area contributed by atoms with Crippen molar-refractivity contribution in [2.75, 3.05) is 11.9 Å². The third-order valence-electron chi connectivity index (χ3n) is 2.56. The highest BCUT2D eigenvalue weighted by Crippen LogP contribution is 2.18. The van der Waals surface area contributed by atoms with E-state index >= 15 is 0 Å². The minimum absolute atomic E-state index is 0.304. The molecule has 0 saturated carbocycles. The average Bonchev–Trinajstić information content (AvgIpc) is 2.40. The molecule has 0 aliphatic carbocycles. The number of aromatic nitrogens is 2. The molecule has 0 radical (unpaired) electrons. The molecule has 2 aromatic rings. The van der Waals surface area contributed by atoms with Crippen LogP contribution in [-0.4, -0.2) is 22.0 Å². The first-order valence-corrected chi connectivity index (χ1v) is 5.95. The molecule has 5 heteroatoms. The standard InChI is InChI=1S/C13H14N4S/c1-17(9-10-5-2-3-7-15-10)11-6-4-8-16-12(11)13(14)18/h2-8H,9H2,1H3,(H2,14,18). The number of nitrogens with zero attached hydrogens (tertiary/aromatic N) is 3. The maximum atomic E-state index is 5.67. The Kier molecular flexibility index (Phi) is 3.84. The number of nitrogens with two attached hydrogens (primary N) is 1. The van der Waals surface area contributed by atoms with Crippen LogP contribution in [0.2, 0.25) is 0 Å². The van der Waals surface area contributed by atoms with E-state index in [9.17, 15) is 0 Å². The van der Waals surface area contributed by atoms with Gasteiger partial charge < -0.3 is 10.6 Å². The zero-order valence-electron chi connectivity index (χ0n) is 10.1. The van der Waals surface area contributed by atoms with Crippen LogP contribution in [0.5, 0.6) is 0 Å². The van der Waals surface area contributed by atoms with Gasteiger partial charge in [0.25, 0.3) is 0 Å². The Labute approximate surface area is 111 Å². The number of thiocarbonyl (C=S) groups is 1. The van der Waals surface area contributed by atoms with Crippen LogP contribution in [0.4, 0.5) is 5.69 Å². The fourth-order valence-corrected chi connectivity index (χ4v) is 1.87. The van der Waals surface area contributed by atoms with Crippen molar-refractivity contribution in [3.05, 3.63) is 54.1 Å². The highest BCUT2D eigenvalue weighted by Gasteiger charge is 2.10. The fourth-order valence-electron chi connectivity index (χ4n) is 1.71. The topological polar surface area (TPSA) is 55.0 Å². The smallest absolute Gasteiger partial charge is 0.124 e. The van der Waals surface area contributed by atoms with Gasteiger partial charge >= 0.3 is 0 Å². The Bertz CT molecular complexity index is 542. The molecule has 2 N–H and O–H groups in total. The Morgan fingerprint density at radius 1 is 1.22 bits per heavy atom. The van der Waals surface area contributed by atoms with Crippen molar-refractivity contribution in [1.29, 1.82) is 0 Å². The Hall–Kier alpha value is -2.01. The molecule has 0 bridgehead atoms. The van der Waals surface area contributed by atoms with Gasteiger partial charge in [0.2, 0.25) is 0 Å². The van der Waals surface area contributed by atoms with Crippen LogP contribution in [0.3, 0.4) is 0 Å². The van der Waals surface area contributed by atoms with Crippen molar-refractivity contribution < 1.29 is 0 Å². The molecule has 0 aliphatic heterocycles. The summed E-state index contributed by atoms with van der Waals surface area (Å²) in [5, 5.41) is 0. The van der Waals surface area contributed by atoms with Crippen LogP contribution >= 0.6 is 12.2 Å². The van der Waals surface area contributed by atoms with Gasteiger partial charge in [-0.2, -0.15) is 0 Å². The molecule has 0 atom stereocenters. The van der Waals surface area contributed by atoms with Gasteiger partial charge in [0.1, 0.15) is 10.7 Å². The Morgan fingerprint density at radius 2 is 2.00 bits per heavy atom. The van der Waals surface area contributed by atoms with Crippen molar-refractivity contribution in [2.24, 2.45) is 5.73 Å². The number of hydrogen-bond acceptors (Lipinski definition) is 4. The van der Waals surface area contributed by atoms with Gasteiger partial charge in [-0.05, 0) is 24.3 Å². The summed E-state index contributed by atoms with van der Waals surface area (Å²) in [6.07, 6.45) is 3.47. The minimum atomic E-state index is 0.304. The van der Waals surface area contributed by atoms with Gasteiger partial charge in [-0.1, -0.05) is 18.3 Å². The molecule has 2 heterocycles. The molecule has 18 heavy (non-hydrogen) atoms. The lowest BCUT2D eigenvalue weighted by molar-refractivity contribution is 0.880. The predicted octanol–water partition coefficient (Wildman–Crippen LogP) is 1.75. The maximum Gasteiger partial charge on any atom is 0.124 e. The fraction of sp³-hybridized carbons (Fsp3) is 0.154. The average molecular weight is 258 g/mol. The van der Waals surface area contributed by atoms with Crippen LogP contribution in [0.1, 0.15) is 11.4 Å². The molecule has 2 aromatic heterocycles. The van der Waals surface area contributed by atoms with Crippen molar-refractivity contribution >= 4 is 22.9 Å². The van der Waals surface area contributed by atoms with Crippen LogP contribution in [0.25, 0.3) is 0 Å². The highest BCUT2D eigenvalue weighted by atomic mass is 32.1. The van der Waals surface area contributed by atoms with Gasteiger partial charge in [0.15, 0.2) is 0 Å². The summed E-state index contributed by atoms with van der Waals surface area (Å²) in [5.74, 6) is 0. The Balaban J connectivity index is 2.24. The van der Waals surface area contributed by atoms with E-state index < -0.39 is 0 Å². The second-order valence-electron chi connectivity index (χ2n) is 3.91. The maximum absolute atomic E-state index is 5.67. The van der Waals surface area contributed by atoms with Crippen LogP contribution in [0.15, 0.2) is 42.7 Å². The number of rotatable bonds is 4. The van der Waals surface area contributed by atoms with E-state index in [2.05, 4.69) is 9.97 Å². The third-order valence-corrected chi connectivity index (χ3v) is 2.75. The molecule has 0 spiro atoms. The van der Waals surface area contributed by atoms with E-state index in [1.54, 1.807) is 12.4 Å². The summed E-state index contributed by atoms with van der Waals surface area (Å²) in [7, 11) is 1.97. The van der Waals surface area contributed by atoms with Gasteiger partial charge in [0, 0.05) is 19.4 Å². The molecular weight excluding hydrogens is 244 g/mol. The van der Waals surface area contributed by atoms with E-state index in [0.29, 0.717) is 17.2 Å². The minimum Gasteiger partial charge on any atom is -0.388 e. The van der Waals surface area contributed by atoms with Crippen molar-refractivity contribution in [2.45, 2.75) is 6.54 Å². The molecular formula is C13H14N4S. The monoisotopic (exact) mass is 258 g/mol. The number of anilines is 1. The SMILES string of the molecule is CN(Cc1ccccn1)c1cccnc1C(N)=S. The van der Waals surface area contributed by atoms with Gasteiger partial charge in [0.05, 0.1) is 17.9 Å². The zero-order chi connectivity index (χ0) is 13.0. The molecule has 0 unspecified atom stereocenters. The normalized spacial score (nSPS) is 10.1. The molecule has 0 fully saturated rings. The first kappa shape index (κ1) is 12.4. The first-order valence-electron chi connectivity index (χ1n) is 5.54. The van der Waals surface area contributed by atoms with Gasteiger partial charge in [-0.25, -0.2) is 0 Å². The zero-order valence-corrected chi connectivity index (χ0v) is 10.9. The summed E-state index contributed by atoms with van der Waals surface area (Å²) < 4.78 is 0. The first-order chi connectivity index (χ1) is 8.68. The molecule has 4 nitrogen and oxygen atoms in total. The second-order valence-corrected chi connectivity index (χ2v) is 4.35. The molecule has 2 rings (SSSR count). The highest BCUT2D eigenvalue weighted by molar-refractivity contribution is 7.80. The van der Waals surface area contributed by atoms with Gasteiger partial charge in [-0.15, -0.1) is 0 Å². The van der Waals surface area contributed by atoms with E-state index in [4.69, 9.17) is 18.0 Å². The van der Waals surface area contributed by atoms with Crippen molar-refractivity contribution in [1.82, 2.24) is 9.97 Å². The van der Waals surface area contributed by atoms with Crippen LogP contribution in [-0.2, 0) is 6.54 Å². The summed E-state index contributed by atoms with van der Waals surface area (Å²) in [5.41, 5.74) is 8.21. The third kappa shape index (κ3) is 2.81. The summed E-state index contributed by atoms with van der Waals surface area (Å²) in [6.45, 7) is 0.683. The summed E-state index contributed by atoms with van der Waals surface area (Å²) >= 11 is 5.01. The Morgan fingerprint density at radius 3 is 2.67 bits per heavy atom. The lowest BCUT2D eigenvalue weighted by Gasteiger charge is -2.20. The van der Waals surface area contributed by atoms with E-state index in [1.165, 1.54) is 0 Å². The number of pyridine rings is 2. The molecule has 0 aromatic carbocycles. The van der Waals surface area contributed by atoms with Crippen molar-refractivity contribution in [3.8, 4) is 0 Å². The van der Waals surface area contributed by atoms with E-state index in [1.807, 2.05) is 42.3 Å². The summed E-state index contributed by atoms with van der Waals surface area (Å²) in [4.78, 5) is 10.8. The molecule has 0 aliphatic rings. The lowest BCUT2D eigenvalue weighted by atomic mass is 10.2. The van der Waals surface area contributed by atoms with Crippen LogP contribution < -0.4 is 10.6 Å².